The summed E-state index contributed by atoms with van der Waals surface area (Å²) in [6, 6.07) is 6.17. The zero-order chi connectivity index (χ0) is 17.0. The molecule has 1 amide bonds. The molecule has 0 aliphatic carbocycles. The molecule has 0 radical (unpaired) electrons. The van der Waals surface area contributed by atoms with Crippen molar-refractivity contribution in [2.45, 2.75) is 33.2 Å². The summed E-state index contributed by atoms with van der Waals surface area (Å²) in [5.74, 6) is -0.0779. The molecule has 1 aromatic carbocycles. The molecule has 0 aliphatic rings. The van der Waals surface area contributed by atoms with E-state index in [4.69, 9.17) is 11.5 Å². The lowest BCUT2D eigenvalue weighted by Crippen LogP contribution is -2.22. The van der Waals surface area contributed by atoms with E-state index in [2.05, 4.69) is 21.4 Å². The molecule has 1 atom stereocenters. The molecule has 5 N–H and O–H groups in total. The van der Waals surface area contributed by atoms with E-state index in [-0.39, 0.29) is 6.04 Å². The molecule has 0 saturated heterocycles. The Balaban J connectivity index is 2.47. The van der Waals surface area contributed by atoms with Gasteiger partial charge in [0.05, 0.1) is 11.3 Å². The van der Waals surface area contributed by atoms with Crippen LogP contribution >= 0.6 is 0 Å². The molecule has 0 saturated carbocycles. The first-order valence-corrected chi connectivity index (χ1v) is 7.63. The van der Waals surface area contributed by atoms with Crippen LogP contribution in [0.5, 0.6) is 0 Å². The molecule has 0 aliphatic heterocycles. The highest BCUT2D eigenvalue weighted by molar-refractivity contribution is 5.98. The van der Waals surface area contributed by atoms with Crippen molar-refractivity contribution in [3.63, 3.8) is 0 Å². The number of rotatable bonds is 6. The highest BCUT2D eigenvalue weighted by Gasteiger charge is 2.15. The Morgan fingerprint density at radius 3 is 2.48 bits per heavy atom. The fourth-order valence-electron chi connectivity index (χ4n) is 2.51. The lowest BCUT2D eigenvalue weighted by Gasteiger charge is -2.15. The van der Waals surface area contributed by atoms with Crippen molar-refractivity contribution < 1.29 is 4.79 Å². The van der Waals surface area contributed by atoms with Gasteiger partial charge in [-0.25, -0.2) is 9.97 Å². The van der Waals surface area contributed by atoms with Gasteiger partial charge in [0.1, 0.15) is 0 Å². The number of nitrogens with two attached hydrogens (primary N) is 2. The Hall–Kier alpha value is -2.47. The lowest BCUT2D eigenvalue weighted by atomic mass is 10.0. The van der Waals surface area contributed by atoms with E-state index in [1.165, 1.54) is 6.20 Å². The maximum atomic E-state index is 11.7. The third-order valence-corrected chi connectivity index (χ3v) is 3.52. The highest BCUT2D eigenvalue weighted by Crippen LogP contribution is 2.24. The zero-order valence-electron chi connectivity index (χ0n) is 13.8. The first-order valence-electron chi connectivity index (χ1n) is 7.63. The van der Waals surface area contributed by atoms with E-state index in [0.717, 1.165) is 23.1 Å². The van der Waals surface area contributed by atoms with Crippen LogP contribution in [-0.2, 0) is 0 Å². The van der Waals surface area contributed by atoms with Crippen molar-refractivity contribution >= 4 is 11.9 Å². The van der Waals surface area contributed by atoms with Crippen molar-refractivity contribution in [1.82, 2.24) is 9.97 Å². The van der Waals surface area contributed by atoms with Gasteiger partial charge < -0.3 is 16.8 Å². The Morgan fingerprint density at radius 2 is 1.91 bits per heavy atom. The van der Waals surface area contributed by atoms with Crippen LogP contribution in [0, 0.1) is 13.8 Å². The first kappa shape index (κ1) is 16.9. The van der Waals surface area contributed by atoms with Crippen LogP contribution in [0.4, 0.5) is 5.95 Å². The molecule has 6 heteroatoms. The molecule has 122 valence electrons. The summed E-state index contributed by atoms with van der Waals surface area (Å²) in [6.45, 7) is 6.60. The minimum absolute atomic E-state index is 0.145. The minimum Gasteiger partial charge on any atom is -0.365 e. The SMILES string of the molecule is Cc1cc(C)cc(-c2nc(NC(C)CCN)ncc2C(N)=O)c1. The van der Waals surface area contributed by atoms with Gasteiger partial charge >= 0.3 is 0 Å². The van der Waals surface area contributed by atoms with E-state index in [1.807, 2.05) is 32.9 Å². The van der Waals surface area contributed by atoms with Gasteiger partial charge in [0.15, 0.2) is 0 Å². The molecule has 1 unspecified atom stereocenters. The highest BCUT2D eigenvalue weighted by atomic mass is 16.1. The van der Waals surface area contributed by atoms with Gasteiger partial charge in [0, 0.05) is 17.8 Å². The smallest absolute Gasteiger partial charge is 0.252 e. The molecule has 2 aromatic rings. The van der Waals surface area contributed by atoms with Gasteiger partial charge in [-0.3, -0.25) is 4.79 Å². The topological polar surface area (TPSA) is 107 Å². The number of carbonyl (C=O) groups is 1. The second-order valence-electron chi connectivity index (χ2n) is 5.82. The van der Waals surface area contributed by atoms with Crippen LogP contribution < -0.4 is 16.8 Å². The molecule has 0 spiro atoms. The van der Waals surface area contributed by atoms with Crippen LogP contribution in [0.2, 0.25) is 0 Å². The van der Waals surface area contributed by atoms with Crippen LogP contribution in [0.1, 0.15) is 34.8 Å². The molecule has 1 heterocycles. The quantitative estimate of drug-likeness (QED) is 0.756. The van der Waals surface area contributed by atoms with Gasteiger partial charge in [0.25, 0.3) is 5.91 Å². The Kier molecular flexibility index (Phi) is 5.28. The molecule has 6 nitrogen and oxygen atoms in total. The fourth-order valence-corrected chi connectivity index (χ4v) is 2.51. The number of primary amides is 1. The molecule has 1 aromatic heterocycles. The van der Waals surface area contributed by atoms with Crippen LogP contribution in [-0.4, -0.2) is 28.5 Å². The molecular weight excluding hydrogens is 290 g/mol. The lowest BCUT2D eigenvalue weighted by molar-refractivity contribution is 0.100. The molecule has 23 heavy (non-hydrogen) atoms. The number of carbonyl (C=O) groups excluding carboxylic acids is 1. The van der Waals surface area contributed by atoms with Crippen LogP contribution in [0.15, 0.2) is 24.4 Å². The van der Waals surface area contributed by atoms with Gasteiger partial charge in [-0.1, -0.05) is 17.2 Å². The maximum absolute atomic E-state index is 11.7. The van der Waals surface area contributed by atoms with Crippen molar-refractivity contribution in [3.05, 3.63) is 41.1 Å². The maximum Gasteiger partial charge on any atom is 0.252 e. The van der Waals surface area contributed by atoms with Gasteiger partial charge in [-0.2, -0.15) is 0 Å². The number of hydrogen-bond donors (Lipinski definition) is 3. The van der Waals surface area contributed by atoms with E-state index in [9.17, 15) is 4.79 Å². The third kappa shape index (κ3) is 4.26. The van der Waals surface area contributed by atoms with E-state index in [0.29, 0.717) is 23.8 Å². The number of aryl methyl sites for hydroxylation is 2. The van der Waals surface area contributed by atoms with E-state index < -0.39 is 5.91 Å². The number of anilines is 1. The summed E-state index contributed by atoms with van der Waals surface area (Å²) in [7, 11) is 0. The Morgan fingerprint density at radius 1 is 1.26 bits per heavy atom. The number of nitrogens with zero attached hydrogens (tertiary/aromatic N) is 2. The zero-order valence-corrected chi connectivity index (χ0v) is 13.8. The van der Waals surface area contributed by atoms with Crippen LogP contribution in [0.25, 0.3) is 11.3 Å². The monoisotopic (exact) mass is 313 g/mol. The van der Waals surface area contributed by atoms with E-state index in [1.54, 1.807) is 0 Å². The van der Waals surface area contributed by atoms with Gasteiger partial charge in [0.2, 0.25) is 5.95 Å². The predicted molar refractivity (Wildman–Crippen MR) is 92.2 cm³/mol. The predicted octanol–water partition coefficient (Wildman–Crippen LogP) is 2.01. The molecule has 2 rings (SSSR count). The molecular formula is C17H23N5O. The number of amides is 1. The average Bonchev–Trinajstić information content (AvgIpc) is 2.46. The molecule has 0 fully saturated rings. The largest absolute Gasteiger partial charge is 0.365 e. The summed E-state index contributed by atoms with van der Waals surface area (Å²) in [4.78, 5) is 20.4. The third-order valence-electron chi connectivity index (χ3n) is 3.52. The van der Waals surface area contributed by atoms with Gasteiger partial charge in [-0.05, 0) is 45.9 Å². The van der Waals surface area contributed by atoms with Gasteiger partial charge in [-0.15, -0.1) is 0 Å². The normalized spacial score (nSPS) is 12.0. The Bertz CT molecular complexity index is 694. The summed E-state index contributed by atoms with van der Waals surface area (Å²) in [5, 5.41) is 3.19. The number of hydrogen-bond acceptors (Lipinski definition) is 5. The minimum atomic E-state index is -0.541. The number of benzene rings is 1. The Labute approximate surface area is 136 Å². The van der Waals surface area contributed by atoms with Crippen molar-refractivity contribution in [2.75, 3.05) is 11.9 Å². The second-order valence-corrected chi connectivity index (χ2v) is 5.82. The summed E-state index contributed by atoms with van der Waals surface area (Å²) >= 11 is 0. The van der Waals surface area contributed by atoms with Crippen molar-refractivity contribution in [2.24, 2.45) is 11.5 Å². The standard InChI is InChI=1S/C17H23N5O/c1-10-6-11(2)8-13(7-10)15-14(16(19)23)9-20-17(22-15)21-12(3)4-5-18/h6-9,12H,4-5,18H2,1-3H3,(H2,19,23)(H,20,21,22). The summed E-state index contributed by atoms with van der Waals surface area (Å²) in [6.07, 6.45) is 2.28. The number of aromatic nitrogens is 2. The van der Waals surface area contributed by atoms with Crippen LogP contribution in [0.3, 0.4) is 0 Å². The fraction of sp³-hybridized carbons (Fsp3) is 0.353. The summed E-state index contributed by atoms with van der Waals surface area (Å²) in [5.41, 5.74) is 14.9. The van der Waals surface area contributed by atoms with E-state index >= 15 is 0 Å². The summed E-state index contributed by atoms with van der Waals surface area (Å²) < 4.78 is 0. The molecule has 0 bridgehead atoms. The number of nitrogens with one attached hydrogen (secondary N) is 1. The second kappa shape index (κ2) is 7.19. The average molecular weight is 313 g/mol. The van der Waals surface area contributed by atoms with Crippen molar-refractivity contribution in [1.29, 1.82) is 0 Å². The first-order chi connectivity index (χ1) is 10.9. The van der Waals surface area contributed by atoms with Crippen molar-refractivity contribution in [3.8, 4) is 11.3 Å².